The van der Waals surface area contributed by atoms with Crippen molar-refractivity contribution >= 4 is 34.1 Å². The number of rotatable bonds is 5. The summed E-state index contributed by atoms with van der Waals surface area (Å²) in [6, 6.07) is 18.3. The van der Waals surface area contributed by atoms with Crippen LogP contribution in [-0.4, -0.2) is 16.1 Å². The summed E-state index contributed by atoms with van der Waals surface area (Å²) in [6.45, 7) is 8.85. The number of nitriles is 1. The molecule has 4 rings (SSSR count). The number of hydrogen-bond donors (Lipinski definition) is 1. The van der Waals surface area contributed by atoms with E-state index in [1.165, 1.54) is 17.3 Å². The molecule has 1 aromatic heterocycles. The Morgan fingerprint density at radius 3 is 2.73 bits per heavy atom. The molecule has 0 saturated carbocycles. The Balaban J connectivity index is 1.56. The maximum Gasteiger partial charge on any atom is 0.237 e. The zero-order valence-corrected chi connectivity index (χ0v) is 20.6. The second kappa shape index (κ2) is 9.57. The van der Waals surface area contributed by atoms with Crippen molar-refractivity contribution < 1.29 is 4.79 Å². The third kappa shape index (κ3) is 5.07. The maximum atomic E-state index is 13.2. The molecule has 0 radical (unpaired) electrons. The standard InChI is InChI=1S/C28H31N3OS/c1-5-25(26(32)30-24-12-8-10-18-9-6-7-11-22(18)24)33-27-20(17-29)15-19-16-21(28(2,3)4)13-14-23(19)31-27/h6-12,15,21,25H,5,13-14,16H2,1-4H3,(H,30,32). The monoisotopic (exact) mass is 457 g/mol. The fourth-order valence-corrected chi connectivity index (χ4v) is 5.56. The molecular formula is C28H31N3OS. The number of amides is 1. The molecule has 0 fully saturated rings. The van der Waals surface area contributed by atoms with E-state index in [0.29, 0.717) is 22.9 Å². The Hall–Kier alpha value is -2.84. The van der Waals surface area contributed by atoms with Crippen LogP contribution in [0.25, 0.3) is 10.8 Å². The van der Waals surface area contributed by atoms with Gasteiger partial charge >= 0.3 is 0 Å². The van der Waals surface area contributed by atoms with Gasteiger partial charge in [0.1, 0.15) is 11.1 Å². The number of aryl methyl sites for hydroxylation is 1. The Bertz CT molecular complexity index is 1220. The van der Waals surface area contributed by atoms with Gasteiger partial charge in [-0.1, -0.05) is 75.9 Å². The summed E-state index contributed by atoms with van der Waals surface area (Å²) < 4.78 is 0. The molecule has 1 heterocycles. The first-order chi connectivity index (χ1) is 15.8. The molecule has 2 unspecified atom stereocenters. The van der Waals surface area contributed by atoms with Gasteiger partial charge in [-0.2, -0.15) is 5.26 Å². The van der Waals surface area contributed by atoms with Crippen molar-refractivity contribution in [2.75, 3.05) is 5.32 Å². The number of pyridine rings is 1. The number of carbonyl (C=O) groups excluding carboxylic acids is 1. The van der Waals surface area contributed by atoms with Crippen molar-refractivity contribution in [2.24, 2.45) is 11.3 Å². The molecule has 0 saturated heterocycles. The normalized spacial score (nSPS) is 16.6. The average Bonchev–Trinajstić information content (AvgIpc) is 2.81. The maximum absolute atomic E-state index is 13.2. The smallest absolute Gasteiger partial charge is 0.237 e. The van der Waals surface area contributed by atoms with E-state index in [-0.39, 0.29) is 16.6 Å². The highest BCUT2D eigenvalue weighted by molar-refractivity contribution is 8.00. The first kappa shape index (κ1) is 23.3. The Morgan fingerprint density at radius 1 is 1.24 bits per heavy atom. The lowest BCUT2D eigenvalue weighted by atomic mass is 9.71. The quantitative estimate of drug-likeness (QED) is 0.430. The Labute approximate surface area is 200 Å². The van der Waals surface area contributed by atoms with Gasteiger partial charge in [-0.25, -0.2) is 4.98 Å². The third-order valence-electron chi connectivity index (χ3n) is 6.66. The summed E-state index contributed by atoms with van der Waals surface area (Å²) in [4.78, 5) is 18.1. The summed E-state index contributed by atoms with van der Waals surface area (Å²) in [5, 5.41) is 15.4. The van der Waals surface area contributed by atoms with Crippen molar-refractivity contribution in [1.29, 1.82) is 5.26 Å². The molecule has 1 amide bonds. The van der Waals surface area contributed by atoms with Crippen LogP contribution in [0.1, 0.15) is 57.4 Å². The van der Waals surface area contributed by atoms with Gasteiger partial charge < -0.3 is 5.32 Å². The second-order valence-corrected chi connectivity index (χ2v) is 11.1. The van der Waals surface area contributed by atoms with Crippen LogP contribution < -0.4 is 5.32 Å². The SMILES string of the molecule is CCC(Sc1nc2c(cc1C#N)CC(C(C)(C)C)CC2)C(=O)Nc1cccc2ccccc12. The molecular weight excluding hydrogens is 426 g/mol. The van der Waals surface area contributed by atoms with Crippen LogP contribution in [0.15, 0.2) is 53.6 Å². The highest BCUT2D eigenvalue weighted by Gasteiger charge is 2.30. The molecule has 33 heavy (non-hydrogen) atoms. The molecule has 0 bridgehead atoms. The van der Waals surface area contributed by atoms with Crippen LogP contribution >= 0.6 is 11.8 Å². The number of anilines is 1. The topological polar surface area (TPSA) is 65.8 Å². The molecule has 170 valence electrons. The first-order valence-corrected chi connectivity index (χ1v) is 12.6. The molecule has 4 nitrogen and oxygen atoms in total. The predicted octanol–water partition coefficient (Wildman–Crippen LogP) is 6.77. The number of hydrogen-bond acceptors (Lipinski definition) is 4. The van der Waals surface area contributed by atoms with Crippen LogP contribution in [0.3, 0.4) is 0 Å². The van der Waals surface area contributed by atoms with Gasteiger partial charge in [0, 0.05) is 16.8 Å². The van der Waals surface area contributed by atoms with E-state index in [4.69, 9.17) is 4.98 Å². The van der Waals surface area contributed by atoms with E-state index >= 15 is 0 Å². The lowest BCUT2D eigenvalue weighted by molar-refractivity contribution is -0.115. The van der Waals surface area contributed by atoms with E-state index in [1.807, 2.05) is 55.5 Å². The molecule has 1 N–H and O–H groups in total. The van der Waals surface area contributed by atoms with Crippen LogP contribution in [-0.2, 0) is 17.6 Å². The van der Waals surface area contributed by atoms with E-state index in [2.05, 4.69) is 32.2 Å². The molecule has 0 aliphatic heterocycles. The number of thioether (sulfide) groups is 1. The molecule has 2 atom stereocenters. The molecule has 0 spiro atoms. The number of nitrogens with one attached hydrogen (secondary N) is 1. The van der Waals surface area contributed by atoms with Crippen LogP contribution in [0.4, 0.5) is 5.69 Å². The van der Waals surface area contributed by atoms with Gasteiger partial charge in [0.15, 0.2) is 0 Å². The fraction of sp³-hybridized carbons (Fsp3) is 0.393. The van der Waals surface area contributed by atoms with Gasteiger partial charge in [-0.05, 0) is 60.1 Å². The number of nitrogens with zero attached hydrogens (tertiary/aromatic N) is 2. The van der Waals surface area contributed by atoms with Crippen molar-refractivity contribution in [2.45, 2.75) is 63.7 Å². The lowest BCUT2D eigenvalue weighted by Gasteiger charge is -2.34. The van der Waals surface area contributed by atoms with Gasteiger partial charge in [0.2, 0.25) is 5.91 Å². The average molecular weight is 458 g/mol. The van der Waals surface area contributed by atoms with Gasteiger partial charge in [0.25, 0.3) is 0 Å². The number of benzene rings is 2. The second-order valence-electron chi connectivity index (χ2n) is 9.90. The van der Waals surface area contributed by atoms with Gasteiger partial charge in [0.05, 0.1) is 10.8 Å². The van der Waals surface area contributed by atoms with Crippen LogP contribution in [0.2, 0.25) is 0 Å². The van der Waals surface area contributed by atoms with Crippen molar-refractivity contribution in [3.63, 3.8) is 0 Å². The summed E-state index contributed by atoms with van der Waals surface area (Å²) >= 11 is 1.41. The van der Waals surface area contributed by atoms with Crippen LogP contribution in [0, 0.1) is 22.7 Å². The zero-order chi connectivity index (χ0) is 23.6. The van der Waals surface area contributed by atoms with E-state index in [9.17, 15) is 10.1 Å². The van der Waals surface area contributed by atoms with Gasteiger partial charge in [-0.15, -0.1) is 0 Å². The third-order valence-corrected chi connectivity index (χ3v) is 8.03. The van der Waals surface area contributed by atoms with E-state index in [0.717, 1.165) is 41.4 Å². The molecule has 1 aliphatic rings. The zero-order valence-electron chi connectivity index (χ0n) is 19.8. The molecule has 2 aromatic carbocycles. The predicted molar refractivity (Wildman–Crippen MR) is 136 cm³/mol. The molecule has 1 aliphatic carbocycles. The van der Waals surface area contributed by atoms with Gasteiger partial charge in [-0.3, -0.25) is 4.79 Å². The molecule has 5 heteroatoms. The highest BCUT2D eigenvalue weighted by Crippen LogP contribution is 2.39. The van der Waals surface area contributed by atoms with Crippen molar-refractivity contribution in [3.8, 4) is 6.07 Å². The van der Waals surface area contributed by atoms with Crippen molar-refractivity contribution in [1.82, 2.24) is 4.98 Å². The van der Waals surface area contributed by atoms with Crippen LogP contribution in [0.5, 0.6) is 0 Å². The van der Waals surface area contributed by atoms with Crippen molar-refractivity contribution in [3.05, 3.63) is 65.4 Å². The summed E-state index contributed by atoms with van der Waals surface area (Å²) in [7, 11) is 0. The largest absolute Gasteiger partial charge is 0.325 e. The Kier molecular flexibility index (Phi) is 6.76. The summed E-state index contributed by atoms with van der Waals surface area (Å²) in [5.41, 5.74) is 3.90. The minimum Gasteiger partial charge on any atom is -0.325 e. The number of fused-ring (bicyclic) bond motifs is 2. The van der Waals surface area contributed by atoms with E-state index < -0.39 is 0 Å². The number of carbonyl (C=O) groups is 1. The summed E-state index contributed by atoms with van der Waals surface area (Å²) in [6.07, 6.45) is 3.65. The summed E-state index contributed by atoms with van der Waals surface area (Å²) in [5.74, 6) is 0.529. The minimum absolute atomic E-state index is 0.0601. The van der Waals surface area contributed by atoms with E-state index in [1.54, 1.807) is 0 Å². The fourth-order valence-electron chi connectivity index (χ4n) is 4.56. The minimum atomic E-state index is -0.326. The Morgan fingerprint density at radius 2 is 2.00 bits per heavy atom. The lowest BCUT2D eigenvalue weighted by Crippen LogP contribution is -2.28. The first-order valence-electron chi connectivity index (χ1n) is 11.7. The molecule has 3 aromatic rings. The highest BCUT2D eigenvalue weighted by atomic mass is 32.2. The number of aromatic nitrogens is 1.